The van der Waals surface area contributed by atoms with Crippen molar-refractivity contribution in [2.24, 2.45) is 0 Å². The van der Waals surface area contributed by atoms with Crippen LogP contribution in [-0.2, 0) is 11.2 Å². The van der Waals surface area contributed by atoms with Crippen LogP contribution in [0.5, 0.6) is 0 Å². The van der Waals surface area contributed by atoms with Crippen molar-refractivity contribution >= 4 is 55.2 Å². The molecule has 0 radical (unpaired) electrons. The minimum absolute atomic E-state index is 0.0177. The minimum Gasteiger partial charge on any atom is -0.423 e. The summed E-state index contributed by atoms with van der Waals surface area (Å²) in [5, 5.41) is 3.70. The first kappa shape index (κ1) is 17.6. The van der Waals surface area contributed by atoms with E-state index in [0.29, 0.717) is 31.9 Å². The molecular weight excluding hydrogens is 391 g/mol. The number of benzene rings is 2. The Morgan fingerprint density at radius 2 is 2.11 bits per heavy atom. The first-order chi connectivity index (χ1) is 12.9. The van der Waals surface area contributed by atoms with Crippen molar-refractivity contribution in [3.05, 3.63) is 68.8 Å². The molecule has 0 aliphatic carbocycles. The van der Waals surface area contributed by atoms with Gasteiger partial charge in [0, 0.05) is 11.5 Å². The molecule has 0 saturated heterocycles. The van der Waals surface area contributed by atoms with E-state index in [-0.39, 0.29) is 17.4 Å². The Morgan fingerprint density at radius 1 is 1.30 bits per heavy atom. The quantitative estimate of drug-likeness (QED) is 0.505. The first-order valence-corrected chi connectivity index (χ1v) is 9.17. The zero-order chi connectivity index (χ0) is 19.1. The molecule has 27 heavy (non-hydrogen) atoms. The average molecular weight is 403 g/mol. The molecule has 2 aromatic carbocycles. The highest BCUT2D eigenvalue weighted by Gasteiger charge is 2.14. The summed E-state index contributed by atoms with van der Waals surface area (Å²) < 4.78 is 19.3. The monoisotopic (exact) mass is 402 g/mol. The van der Waals surface area contributed by atoms with Gasteiger partial charge in [0.25, 0.3) is 0 Å². The molecule has 2 heterocycles. The van der Waals surface area contributed by atoms with Gasteiger partial charge in [0.2, 0.25) is 5.91 Å². The molecular formula is C19H12ClFN2O3S. The number of nitrogens with zero attached hydrogens (tertiary/aromatic N) is 1. The summed E-state index contributed by atoms with van der Waals surface area (Å²) >= 11 is 6.90. The van der Waals surface area contributed by atoms with Crippen LogP contribution in [-0.4, -0.2) is 10.9 Å². The number of rotatable bonds is 3. The van der Waals surface area contributed by atoms with Crippen molar-refractivity contribution in [2.45, 2.75) is 13.3 Å². The molecule has 0 spiro atoms. The van der Waals surface area contributed by atoms with Gasteiger partial charge < -0.3 is 9.73 Å². The van der Waals surface area contributed by atoms with Gasteiger partial charge in [-0.3, -0.25) is 4.79 Å². The third kappa shape index (κ3) is 3.56. The largest absolute Gasteiger partial charge is 0.423 e. The van der Waals surface area contributed by atoms with Gasteiger partial charge in [0.15, 0.2) is 5.13 Å². The molecule has 4 rings (SSSR count). The lowest BCUT2D eigenvalue weighted by Crippen LogP contribution is -2.15. The lowest BCUT2D eigenvalue weighted by Gasteiger charge is -2.06. The lowest BCUT2D eigenvalue weighted by molar-refractivity contribution is -0.115. The van der Waals surface area contributed by atoms with Crippen LogP contribution in [0.1, 0.15) is 11.1 Å². The van der Waals surface area contributed by atoms with E-state index < -0.39 is 11.4 Å². The van der Waals surface area contributed by atoms with Crippen molar-refractivity contribution < 1.29 is 13.6 Å². The van der Waals surface area contributed by atoms with Crippen LogP contribution < -0.4 is 10.9 Å². The van der Waals surface area contributed by atoms with Crippen LogP contribution in [0, 0.1) is 12.7 Å². The molecule has 0 aliphatic rings. The molecule has 0 fully saturated rings. The minimum atomic E-state index is -0.538. The van der Waals surface area contributed by atoms with E-state index in [4.69, 9.17) is 16.0 Å². The summed E-state index contributed by atoms with van der Waals surface area (Å²) in [5.41, 5.74) is 1.95. The second-order valence-electron chi connectivity index (χ2n) is 6.07. The molecule has 0 unspecified atom stereocenters. The van der Waals surface area contributed by atoms with Gasteiger partial charge in [-0.15, -0.1) is 0 Å². The number of nitrogens with one attached hydrogen (secondary N) is 1. The number of thiazole rings is 1. The van der Waals surface area contributed by atoms with Gasteiger partial charge in [-0.25, -0.2) is 14.2 Å². The number of halogens is 2. The van der Waals surface area contributed by atoms with E-state index in [1.165, 1.54) is 18.2 Å². The van der Waals surface area contributed by atoms with Gasteiger partial charge in [-0.1, -0.05) is 35.1 Å². The molecule has 0 atom stereocenters. The molecule has 0 bridgehead atoms. The Bertz CT molecular complexity index is 1230. The highest BCUT2D eigenvalue weighted by atomic mass is 35.5. The van der Waals surface area contributed by atoms with Gasteiger partial charge in [-0.05, 0) is 36.2 Å². The number of hydrogen-bond acceptors (Lipinski definition) is 5. The summed E-state index contributed by atoms with van der Waals surface area (Å²) in [6.45, 7) is 1.89. The average Bonchev–Trinajstić information content (AvgIpc) is 2.95. The van der Waals surface area contributed by atoms with Gasteiger partial charge >= 0.3 is 5.63 Å². The Kier molecular flexibility index (Phi) is 4.41. The third-order valence-corrected chi connectivity index (χ3v) is 5.24. The molecule has 8 heteroatoms. The SMILES string of the molecule is Cc1ccc2c(CC(=O)Nc3nc4cc(Cl)c(F)cc4s3)cc(=O)oc2c1. The van der Waals surface area contributed by atoms with Gasteiger partial charge in [0.05, 0.1) is 21.7 Å². The number of fused-ring (bicyclic) bond motifs is 2. The van der Waals surface area contributed by atoms with E-state index >= 15 is 0 Å². The van der Waals surface area contributed by atoms with Crippen LogP contribution >= 0.6 is 22.9 Å². The Hall–Kier alpha value is -2.77. The standard InChI is InChI=1S/C19H12ClFN2O3S/c1-9-2-3-11-10(6-18(25)26-15(11)4-9)5-17(24)23-19-22-14-7-12(20)13(21)8-16(14)27-19/h2-4,6-8H,5H2,1H3,(H,22,23,24). The normalized spacial score (nSPS) is 11.2. The smallest absolute Gasteiger partial charge is 0.336 e. The topological polar surface area (TPSA) is 72.2 Å². The fraction of sp³-hybridized carbons (Fsp3) is 0.105. The molecule has 4 aromatic rings. The number of hydrogen-bond donors (Lipinski definition) is 1. The van der Waals surface area contributed by atoms with Crippen LogP contribution in [0.4, 0.5) is 9.52 Å². The maximum Gasteiger partial charge on any atom is 0.336 e. The lowest BCUT2D eigenvalue weighted by atomic mass is 10.1. The maximum atomic E-state index is 13.5. The van der Waals surface area contributed by atoms with Gasteiger partial charge in [-0.2, -0.15) is 0 Å². The fourth-order valence-corrected chi connectivity index (χ4v) is 3.84. The van der Waals surface area contributed by atoms with E-state index in [0.717, 1.165) is 16.9 Å². The molecule has 0 saturated carbocycles. The fourth-order valence-electron chi connectivity index (χ4n) is 2.80. The summed E-state index contributed by atoms with van der Waals surface area (Å²) in [5.74, 6) is -0.878. The number of amides is 1. The van der Waals surface area contributed by atoms with E-state index in [2.05, 4.69) is 10.3 Å². The predicted octanol–water partition coefficient (Wildman–Crippen LogP) is 4.68. The van der Waals surface area contributed by atoms with Crippen LogP contribution in [0.15, 0.2) is 45.6 Å². The summed E-state index contributed by atoms with van der Waals surface area (Å²) in [7, 11) is 0. The molecule has 5 nitrogen and oxygen atoms in total. The van der Waals surface area contributed by atoms with Crippen molar-refractivity contribution in [1.29, 1.82) is 0 Å². The number of anilines is 1. The maximum absolute atomic E-state index is 13.5. The van der Waals surface area contributed by atoms with Gasteiger partial charge in [0.1, 0.15) is 11.4 Å². The summed E-state index contributed by atoms with van der Waals surface area (Å²) in [6, 6.07) is 9.46. The van der Waals surface area contributed by atoms with Crippen molar-refractivity contribution in [3.8, 4) is 0 Å². The Morgan fingerprint density at radius 3 is 2.93 bits per heavy atom. The number of aryl methyl sites for hydroxylation is 1. The zero-order valence-corrected chi connectivity index (χ0v) is 15.6. The van der Waals surface area contributed by atoms with Crippen LogP contribution in [0.25, 0.3) is 21.2 Å². The molecule has 2 aromatic heterocycles. The summed E-state index contributed by atoms with van der Waals surface area (Å²) in [6.07, 6.45) is -0.0177. The first-order valence-electron chi connectivity index (χ1n) is 7.98. The Labute approximate surface area is 161 Å². The molecule has 0 aliphatic heterocycles. The third-order valence-electron chi connectivity index (χ3n) is 4.01. The molecule has 136 valence electrons. The zero-order valence-electron chi connectivity index (χ0n) is 14.0. The highest BCUT2D eigenvalue weighted by molar-refractivity contribution is 7.22. The molecule has 1 N–H and O–H groups in total. The number of aromatic nitrogens is 1. The Balaban J connectivity index is 1.61. The van der Waals surface area contributed by atoms with Crippen LogP contribution in [0.3, 0.4) is 0 Å². The van der Waals surface area contributed by atoms with E-state index in [9.17, 15) is 14.0 Å². The second kappa shape index (κ2) is 6.75. The number of carbonyl (C=O) groups excluding carboxylic acids is 1. The van der Waals surface area contributed by atoms with E-state index in [1.807, 2.05) is 19.1 Å². The summed E-state index contributed by atoms with van der Waals surface area (Å²) in [4.78, 5) is 28.5. The second-order valence-corrected chi connectivity index (χ2v) is 7.51. The van der Waals surface area contributed by atoms with Crippen molar-refractivity contribution in [3.63, 3.8) is 0 Å². The highest BCUT2D eigenvalue weighted by Crippen LogP contribution is 2.30. The van der Waals surface area contributed by atoms with Crippen LogP contribution in [0.2, 0.25) is 5.02 Å². The van der Waals surface area contributed by atoms with E-state index in [1.54, 1.807) is 6.07 Å². The van der Waals surface area contributed by atoms with Crippen molar-refractivity contribution in [1.82, 2.24) is 4.98 Å². The predicted molar refractivity (Wildman–Crippen MR) is 104 cm³/mol. The number of carbonyl (C=O) groups is 1. The molecule has 1 amide bonds. The van der Waals surface area contributed by atoms with Crippen molar-refractivity contribution in [2.75, 3.05) is 5.32 Å².